The summed E-state index contributed by atoms with van der Waals surface area (Å²) >= 11 is 0. The molecule has 3 fully saturated rings. The van der Waals surface area contributed by atoms with E-state index < -0.39 is 0 Å². The van der Waals surface area contributed by atoms with Gasteiger partial charge in [0.25, 0.3) is 0 Å². The Morgan fingerprint density at radius 2 is 1.78 bits per heavy atom. The molecule has 1 aliphatic heterocycles. The fourth-order valence-electron chi connectivity index (χ4n) is 3.70. The van der Waals surface area contributed by atoms with Gasteiger partial charge in [0, 0.05) is 19.6 Å². The Kier molecular flexibility index (Phi) is 2.73. The molecular weight excluding hydrogens is 230 g/mol. The second-order valence-electron chi connectivity index (χ2n) is 6.42. The van der Waals surface area contributed by atoms with E-state index in [0.29, 0.717) is 13.0 Å². The highest BCUT2D eigenvalue weighted by atomic mass is 16.3. The summed E-state index contributed by atoms with van der Waals surface area (Å²) in [7, 11) is 0. The summed E-state index contributed by atoms with van der Waals surface area (Å²) in [5, 5.41) is 9.06. The molecule has 4 heteroatoms. The quantitative estimate of drug-likeness (QED) is 0.770. The standard InChI is InChI=1S/C14H21NO3/c16-8-7-13(5-6-13)10-15-11(17)9-14(12(15)18)3-1-2-4-14/h16H,1-10H2. The van der Waals surface area contributed by atoms with Gasteiger partial charge in [-0.05, 0) is 37.5 Å². The highest BCUT2D eigenvalue weighted by molar-refractivity contribution is 6.06. The Balaban J connectivity index is 1.73. The van der Waals surface area contributed by atoms with Gasteiger partial charge in [-0.1, -0.05) is 12.8 Å². The lowest BCUT2D eigenvalue weighted by molar-refractivity contribution is -0.142. The summed E-state index contributed by atoms with van der Waals surface area (Å²) in [6.45, 7) is 0.703. The summed E-state index contributed by atoms with van der Waals surface area (Å²) in [6.07, 6.45) is 7.17. The minimum absolute atomic E-state index is 0.0196. The van der Waals surface area contributed by atoms with Gasteiger partial charge in [-0.15, -0.1) is 0 Å². The van der Waals surface area contributed by atoms with Gasteiger partial charge in [0.2, 0.25) is 11.8 Å². The molecule has 0 aromatic heterocycles. The molecule has 2 saturated carbocycles. The maximum Gasteiger partial charge on any atom is 0.235 e. The molecule has 0 bridgehead atoms. The number of nitrogens with zero attached hydrogens (tertiary/aromatic N) is 1. The van der Waals surface area contributed by atoms with Crippen LogP contribution in [0.15, 0.2) is 0 Å². The molecule has 1 N–H and O–H groups in total. The number of likely N-dealkylation sites (tertiary alicyclic amines) is 1. The zero-order valence-corrected chi connectivity index (χ0v) is 10.8. The lowest BCUT2D eigenvalue weighted by Crippen LogP contribution is -2.38. The minimum Gasteiger partial charge on any atom is -0.396 e. The van der Waals surface area contributed by atoms with Gasteiger partial charge in [0.15, 0.2) is 0 Å². The van der Waals surface area contributed by atoms with Crippen molar-refractivity contribution in [2.24, 2.45) is 10.8 Å². The van der Waals surface area contributed by atoms with Crippen LogP contribution in [0.5, 0.6) is 0 Å². The van der Waals surface area contributed by atoms with Crippen molar-refractivity contribution in [2.75, 3.05) is 13.2 Å². The lowest BCUT2D eigenvalue weighted by Gasteiger charge is -2.24. The van der Waals surface area contributed by atoms with Crippen molar-refractivity contribution >= 4 is 11.8 Å². The van der Waals surface area contributed by atoms with Crippen molar-refractivity contribution in [1.82, 2.24) is 4.90 Å². The van der Waals surface area contributed by atoms with Crippen molar-refractivity contribution < 1.29 is 14.7 Å². The summed E-state index contributed by atoms with van der Waals surface area (Å²) < 4.78 is 0. The molecule has 0 aromatic carbocycles. The molecule has 2 aliphatic carbocycles. The minimum atomic E-state index is -0.341. The average molecular weight is 251 g/mol. The Morgan fingerprint density at radius 3 is 2.33 bits per heavy atom. The molecule has 1 saturated heterocycles. The first-order valence-electron chi connectivity index (χ1n) is 7.07. The third-order valence-electron chi connectivity index (χ3n) is 5.14. The van der Waals surface area contributed by atoms with E-state index in [1.807, 2.05) is 0 Å². The van der Waals surface area contributed by atoms with Crippen molar-refractivity contribution in [1.29, 1.82) is 0 Å². The predicted molar refractivity (Wildman–Crippen MR) is 65.6 cm³/mol. The first kappa shape index (κ1) is 12.2. The first-order valence-corrected chi connectivity index (χ1v) is 7.07. The maximum absolute atomic E-state index is 12.5. The average Bonchev–Trinajstić information content (AvgIpc) is 2.86. The summed E-state index contributed by atoms with van der Waals surface area (Å²) in [6, 6.07) is 0. The van der Waals surface area contributed by atoms with Crippen molar-refractivity contribution in [3.63, 3.8) is 0 Å². The van der Waals surface area contributed by atoms with E-state index in [-0.39, 0.29) is 29.3 Å². The molecule has 0 unspecified atom stereocenters. The molecule has 4 nitrogen and oxygen atoms in total. The largest absolute Gasteiger partial charge is 0.396 e. The summed E-state index contributed by atoms with van der Waals surface area (Å²) in [5.74, 6) is 0.0975. The van der Waals surface area contributed by atoms with Crippen LogP contribution in [0.2, 0.25) is 0 Å². The number of aliphatic hydroxyl groups is 1. The molecule has 1 heterocycles. The molecular formula is C14H21NO3. The Hall–Kier alpha value is -0.900. The van der Waals surface area contributed by atoms with Gasteiger partial charge < -0.3 is 5.11 Å². The topological polar surface area (TPSA) is 57.6 Å². The van der Waals surface area contributed by atoms with Gasteiger partial charge in [-0.3, -0.25) is 14.5 Å². The zero-order valence-electron chi connectivity index (χ0n) is 10.8. The van der Waals surface area contributed by atoms with Crippen LogP contribution < -0.4 is 0 Å². The maximum atomic E-state index is 12.5. The van der Waals surface area contributed by atoms with Crippen LogP contribution in [0.3, 0.4) is 0 Å². The number of carbonyl (C=O) groups excluding carboxylic acids is 2. The summed E-state index contributed by atoms with van der Waals surface area (Å²) in [5.41, 5.74) is -0.295. The fourth-order valence-corrected chi connectivity index (χ4v) is 3.70. The Bertz CT molecular complexity index is 381. The van der Waals surface area contributed by atoms with Crippen LogP contribution >= 0.6 is 0 Å². The number of imide groups is 1. The van der Waals surface area contributed by atoms with Crippen molar-refractivity contribution in [3.8, 4) is 0 Å². The third kappa shape index (κ3) is 1.78. The van der Waals surface area contributed by atoms with Gasteiger partial charge in [0.05, 0.1) is 5.41 Å². The second-order valence-corrected chi connectivity index (χ2v) is 6.42. The van der Waals surface area contributed by atoms with Crippen LogP contribution in [0.25, 0.3) is 0 Å². The highest BCUT2D eigenvalue weighted by Gasteiger charge is 2.55. The van der Waals surface area contributed by atoms with E-state index in [0.717, 1.165) is 44.9 Å². The van der Waals surface area contributed by atoms with E-state index in [2.05, 4.69) is 0 Å². The molecule has 0 aromatic rings. The molecule has 18 heavy (non-hydrogen) atoms. The monoisotopic (exact) mass is 251 g/mol. The lowest BCUT2D eigenvalue weighted by atomic mass is 9.84. The van der Waals surface area contributed by atoms with E-state index in [9.17, 15) is 9.59 Å². The van der Waals surface area contributed by atoms with Crippen LogP contribution in [-0.4, -0.2) is 35.0 Å². The van der Waals surface area contributed by atoms with Crippen LogP contribution in [-0.2, 0) is 9.59 Å². The van der Waals surface area contributed by atoms with E-state index in [4.69, 9.17) is 5.11 Å². The second kappa shape index (κ2) is 4.05. The Labute approximate surface area is 107 Å². The molecule has 1 spiro atoms. The zero-order chi connectivity index (χ0) is 12.8. The molecule has 3 aliphatic rings. The van der Waals surface area contributed by atoms with E-state index in [1.165, 1.54) is 4.90 Å². The van der Waals surface area contributed by atoms with Crippen molar-refractivity contribution in [2.45, 2.75) is 51.4 Å². The van der Waals surface area contributed by atoms with E-state index >= 15 is 0 Å². The van der Waals surface area contributed by atoms with E-state index in [1.54, 1.807) is 0 Å². The number of carbonyl (C=O) groups is 2. The van der Waals surface area contributed by atoms with Crippen LogP contribution in [0.1, 0.15) is 51.4 Å². The predicted octanol–water partition coefficient (Wildman–Crippen LogP) is 1.47. The smallest absolute Gasteiger partial charge is 0.235 e. The van der Waals surface area contributed by atoms with Crippen LogP contribution in [0.4, 0.5) is 0 Å². The molecule has 100 valence electrons. The number of rotatable bonds is 4. The SMILES string of the molecule is O=C1CC2(CCCC2)C(=O)N1CC1(CCO)CC1. The number of hydrogen-bond acceptors (Lipinski definition) is 3. The van der Waals surface area contributed by atoms with Gasteiger partial charge in [0.1, 0.15) is 0 Å². The molecule has 0 atom stereocenters. The normalized spacial score (nSPS) is 28.4. The fraction of sp³-hybridized carbons (Fsp3) is 0.857. The third-order valence-corrected chi connectivity index (χ3v) is 5.14. The molecule has 0 radical (unpaired) electrons. The molecule has 3 rings (SSSR count). The number of amides is 2. The number of aliphatic hydroxyl groups excluding tert-OH is 1. The van der Waals surface area contributed by atoms with Crippen molar-refractivity contribution in [3.05, 3.63) is 0 Å². The first-order chi connectivity index (χ1) is 8.61. The molecule has 2 amide bonds. The summed E-state index contributed by atoms with van der Waals surface area (Å²) in [4.78, 5) is 26.1. The van der Waals surface area contributed by atoms with Gasteiger partial charge >= 0.3 is 0 Å². The van der Waals surface area contributed by atoms with Crippen LogP contribution in [0, 0.1) is 10.8 Å². The Morgan fingerprint density at radius 1 is 1.11 bits per heavy atom. The van der Waals surface area contributed by atoms with Gasteiger partial charge in [-0.25, -0.2) is 0 Å². The number of hydrogen-bond donors (Lipinski definition) is 1. The van der Waals surface area contributed by atoms with Gasteiger partial charge in [-0.2, -0.15) is 0 Å². The highest BCUT2D eigenvalue weighted by Crippen LogP contribution is 2.52.